The fraction of sp³-hybridized carbons (Fsp3) is 0.267. The molecule has 4 heteroatoms. The molecule has 0 bridgehead atoms. The van der Waals surface area contributed by atoms with E-state index >= 15 is 0 Å². The number of carbonyl (C=O) groups excluding carboxylic acids is 1. The summed E-state index contributed by atoms with van der Waals surface area (Å²) in [5, 5.41) is 3.27. The van der Waals surface area contributed by atoms with Gasteiger partial charge in [0.25, 0.3) is 0 Å². The Morgan fingerprint density at radius 3 is 2.58 bits per heavy atom. The number of anilines is 1. The van der Waals surface area contributed by atoms with E-state index in [1.807, 2.05) is 44.3 Å². The molecule has 2 N–H and O–H groups in total. The van der Waals surface area contributed by atoms with Crippen LogP contribution in [0, 0.1) is 0 Å². The van der Waals surface area contributed by atoms with Crippen molar-refractivity contribution in [2.45, 2.75) is 26.5 Å². The van der Waals surface area contributed by atoms with Crippen molar-refractivity contribution in [3.63, 3.8) is 0 Å². The number of esters is 1. The number of nitrogens with one attached hydrogen (secondary N) is 2. The summed E-state index contributed by atoms with van der Waals surface area (Å²) in [5.74, 6) is -0.286. The van der Waals surface area contributed by atoms with Crippen molar-refractivity contribution in [3.8, 4) is 0 Å². The van der Waals surface area contributed by atoms with Crippen molar-refractivity contribution in [3.05, 3.63) is 53.9 Å². The van der Waals surface area contributed by atoms with Gasteiger partial charge in [-0.2, -0.15) is 0 Å². The summed E-state index contributed by atoms with van der Waals surface area (Å²) >= 11 is 0. The van der Waals surface area contributed by atoms with Crippen molar-refractivity contribution < 1.29 is 9.53 Å². The highest BCUT2D eigenvalue weighted by Gasteiger charge is 2.08. The lowest BCUT2D eigenvalue weighted by Crippen LogP contribution is -2.11. The summed E-state index contributed by atoms with van der Waals surface area (Å²) in [6.07, 6.45) is 1.79. The third-order valence-electron chi connectivity index (χ3n) is 2.61. The zero-order chi connectivity index (χ0) is 13.7. The maximum Gasteiger partial charge on any atom is 0.338 e. The summed E-state index contributed by atoms with van der Waals surface area (Å²) in [6, 6.07) is 11.3. The molecule has 0 fully saturated rings. The Morgan fingerprint density at radius 2 is 2.00 bits per heavy atom. The molecule has 2 aromatic rings. The van der Waals surface area contributed by atoms with Gasteiger partial charge in [-0.3, -0.25) is 0 Å². The minimum Gasteiger partial charge on any atom is -0.459 e. The number of carbonyl (C=O) groups is 1. The van der Waals surface area contributed by atoms with E-state index in [1.165, 1.54) is 0 Å². The number of hydrogen-bond acceptors (Lipinski definition) is 3. The van der Waals surface area contributed by atoms with Crippen LogP contribution in [-0.2, 0) is 11.3 Å². The van der Waals surface area contributed by atoms with Crippen molar-refractivity contribution >= 4 is 11.7 Å². The average Bonchev–Trinajstić information content (AvgIpc) is 2.89. The van der Waals surface area contributed by atoms with Crippen molar-refractivity contribution in [1.29, 1.82) is 0 Å². The van der Waals surface area contributed by atoms with Gasteiger partial charge in [-0.15, -0.1) is 0 Å². The van der Waals surface area contributed by atoms with Crippen LogP contribution in [-0.4, -0.2) is 17.1 Å². The topological polar surface area (TPSA) is 54.1 Å². The van der Waals surface area contributed by atoms with Crippen LogP contribution >= 0.6 is 0 Å². The molecular formula is C15H18N2O2. The summed E-state index contributed by atoms with van der Waals surface area (Å²) in [7, 11) is 0. The number of H-pyrrole nitrogens is 1. The molecule has 1 aromatic carbocycles. The molecule has 0 radical (unpaired) electrons. The van der Waals surface area contributed by atoms with E-state index in [-0.39, 0.29) is 12.1 Å². The fourth-order valence-corrected chi connectivity index (χ4v) is 1.68. The summed E-state index contributed by atoms with van der Waals surface area (Å²) in [4.78, 5) is 14.8. The highest BCUT2D eigenvalue weighted by atomic mass is 16.5. The molecule has 1 aromatic heterocycles. The van der Waals surface area contributed by atoms with Gasteiger partial charge in [-0.25, -0.2) is 4.79 Å². The molecule has 0 aliphatic rings. The first kappa shape index (κ1) is 13.2. The molecule has 4 nitrogen and oxygen atoms in total. The molecule has 0 saturated heterocycles. The average molecular weight is 258 g/mol. The Labute approximate surface area is 112 Å². The standard InChI is InChI=1S/C15H18N2O2/c1-11(2)19-15(18)12-5-7-13(8-6-12)17-10-14-4-3-9-16-14/h3-9,11,16-17H,10H2,1-2H3. The molecule has 0 aliphatic carbocycles. The summed E-state index contributed by atoms with van der Waals surface area (Å²) in [5.41, 5.74) is 2.65. The number of aromatic amines is 1. The van der Waals surface area contributed by atoms with Crippen LogP contribution < -0.4 is 5.32 Å². The van der Waals surface area contributed by atoms with Crippen LogP contribution in [0.15, 0.2) is 42.6 Å². The van der Waals surface area contributed by atoms with Crippen LogP contribution in [0.4, 0.5) is 5.69 Å². The summed E-state index contributed by atoms with van der Waals surface area (Å²) in [6.45, 7) is 4.40. The van der Waals surface area contributed by atoms with E-state index in [1.54, 1.807) is 12.1 Å². The molecule has 0 spiro atoms. The number of benzene rings is 1. The molecule has 19 heavy (non-hydrogen) atoms. The molecule has 2 rings (SSSR count). The zero-order valence-corrected chi connectivity index (χ0v) is 11.1. The first-order valence-electron chi connectivity index (χ1n) is 6.32. The maximum atomic E-state index is 11.7. The van der Waals surface area contributed by atoms with Crippen molar-refractivity contribution in [1.82, 2.24) is 4.98 Å². The smallest absolute Gasteiger partial charge is 0.338 e. The Kier molecular flexibility index (Phi) is 4.23. The van der Waals surface area contributed by atoms with Crippen LogP contribution in [0.3, 0.4) is 0 Å². The maximum absolute atomic E-state index is 11.7. The van der Waals surface area contributed by atoms with Gasteiger partial charge in [0.1, 0.15) is 0 Å². The predicted molar refractivity (Wildman–Crippen MR) is 75.1 cm³/mol. The Hall–Kier alpha value is -2.23. The van der Waals surface area contributed by atoms with Crippen molar-refractivity contribution in [2.75, 3.05) is 5.32 Å². The van der Waals surface area contributed by atoms with Gasteiger partial charge in [0.05, 0.1) is 18.2 Å². The number of ether oxygens (including phenoxy) is 1. The highest BCUT2D eigenvalue weighted by Crippen LogP contribution is 2.12. The quantitative estimate of drug-likeness (QED) is 0.810. The zero-order valence-electron chi connectivity index (χ0n) is 11.1. The lowest BCUT2D eigenvalue weighted by Gasteiger charge is -2.09. The number of rotatable bonds is 5. The molecule has 0 aliphatic heterocycles. The van der Waals surface area contributed by atoms with Crippen LogP contribution in [0.25, 0.3) is 0 Å². The third-order valence-corrected chi connectivity index (χ3v) is 2.61. The molecular weight excluding hydrogens is 240 g/mol. The molecule has 100 valence electrons. The largest absolute Gasteiger partial charge is 0.459 e. The van der Waals surface area contributed by atoms with E-state index < -0.39 is 0 Å². The number of aromatic nitrogens is 1. The molecule has 0 saturated carbocycles. The monoisotopic (exact) mass is 258 g/mol. The van der Waals surface area contributed by atoms with Gasteiger partial charge < -0.3 is 15.0 Å². The highest BCUT2D eigenvalue weighted by molar-refractivity contribution is 5.89. The van der Waals surface area contributed by atoms with Crippen LogP contribution in [0.2, 0.25) is 0 Å². The van der Waals surface area contributed by atoms with E-state index in [9.17, 15) is 4.79 Å². The fourth-order valence-electron chi connectivity index (χ4n) is 1.68. The second-order valence-corrected chi connectivity index (χ2v) is 4.58. The molecule has 0 amide bonds. The van der Waals surface area contributed by atoms with Crippen LogP contribution in [0.1, 0.15) is 29.9 Å². The SMILES string of the molecule is CC(C)OC(=O)c1ccc(NCc2ccc[nH]2)cc1. The van der Waals surface area contributed by atoms with Gasteiger partial charge >= 0.3 is 5.97 Å². The Morgan fingerprint density at radius 1 is 1.26 bits per heavy atom. The van der Waals surface area contributed by atoms with Gasteiger partial charge in [-0.05, 0) is 50.2 Å². The second-order valence-electron chi connectivity index (χ2n) is 4.58. The van der Waals surface area contributed by atoms with Gasteiger partial charge in [-0.1, -0.05) is 0 Å². The second kappa shape index (κ2) is 6.09. The van der Waals surface area contributed by atoms with E-state index in [4.69, 9.17) is 4.74 Å². The predicted octanol–water partition coefficient (Wildman–Crippen LogP) is 3.19. The molecule has 0 atom stereocenters. The summed E-state index contributed by atoms with van der Waals surface area (Å²) < 4.78 is 5.13. The van der Waals surface area contributed by atoms with Gasteiger partial charge in [0, 0.05) is 17.6 Å². The van der Waals surface area contributed by atoms with E-state index in [0.717, 1.165) is 17.9 Å². The van der Waals surface area contributed by atoms with Crippen molar-refractivity contribution in [2.24, 2.45) is 0 Å². The normalized spacial score (nSPS) is 10.5. The first-order valence-corrected chi connectivity index (χ1v) is 6.32. The minimum absolute atomic E-state index is 0.0989. The third kappa shape index (κ3) is 3.88. The van der Waals surface area contributed by atoms with Gasteiger partial charge in [0.2, 0.25) is 0 Å². The number of hydrogen-bond donors (Lipinski definition) is 2. The van der Waals surface area contributed by atoms with E-state index in [0.29, 0.717) is 5.56 Å². The Bertz CT molecular complexity index is 516. The lowest BCUT2D eigenvalue weighted by molar-refractivity contribution is 0.0378. The van der Waals surface area contributed by atoms with Gasteiger partial charge in [0.15, 0.2) is 0 Å². The van der Waals surface area contributed by atoms with Crippen LogP contribution in [0.5, 0.6) is 0 Å². The Balaban J connectivity index is 1.92. The lowest BCUT2D eigenvalue weighted by atomic mass is 10.2. The first-order chi connectivity index (χ1) is 9.15. The van der Waals surface area contributed by atoms with E-state index in [2.05, 4.69) is 10.3 Å². The minimum atomic E-state index is -0.286. The molecule has 0 unspecified atom stereocenters. The molecule has 1 heterocycles.